The molecule has 6 nitrogen and oxygen atoms in total. The van der Waals surface area contributed by atoms with Crippen molar-refractivity contribution < 1.29 is 9.59 Å². The number of carbonyl (C=O) groups is 2. The number of hydrogen-bond acceptors (Lipinski definition) is 4. The SMILES string of the molecule is CN1CCN(C2(CNC(=O)CCN3CCCCCC3=O)CCCCC2)CC1. The molecule has 3 rings (SSSR count). The zero-order valence-corrected chi connectivity index (χ0v) is 17.2. The summed E-state index contributed by atoms with van der Waals surface area (Å²) >= 11 is 0. The molecule has 0 radical (unpaired) electrons. The summed E-state index contributed by atoms with van der Waals surface area (Å²) in [6, 6.07) is 0. The van der Waals surface area contributed by atoms with Gasteiger partial charge in [0.15, 0.2) is 0 Å². The average Bonchev–Trinajstić information content (AvgIpc) is 2.90. The van der Waals surface area contributed by atoms with Crippen LogP contribution in [0, 0.1) is 0 Å². The lowest BCUT2D eigenvalue weighted by molar-refractivity contribution is -0.131. The first-order valence-electron chi connectivity index (χ1n) is 11.1. The summed E-state index contributed by atoms with van der Waals surface area (Å²) in [6.07, 6.45) is 10.5. The Hall–Kier alpha value is -1.14. The van der Waals surface area contributed by atoms with Crippen LogP contribution in [0.4, 0.5) is 0 Å². The summed E-state index contributed by atoms with van der Waals surface area (Å²) in [5, 5.41) is 3.24. The highest BCUT2D eigenvalue weighted by molar-refractivity contribution is 5.79. The molecular formula is C21H38N4O2. The van der Waals surface area contributed by atoms with Crippen LogP contribution >= 0.6 is 0 Å². The molecule has 0 aromatic carbocycles. The van der Waals surface area contributed by atoms with Crippen LogP contribution in [0.5, 0.6) is 0 Å². The molecule has 6 heteroatoms. The van der Waals surface area contributed by atoms with Crippen molar-refractivity contribution in [3.05, 3.63) is 0 Å². The summed E-state index contributed by atoms with van der Waals surface area (Å²) in [5.74, 6) is 0.326. The largest absolute Gasteiger partial charge is 0.354 e. The second kappa shape index (κ2) is 9.87. The second-order valence-electron chi connectivity index (χ2n) is 8.79. The van der Waals surface area contributed by atoms with Crippen molar-refractivity contribution in [1.82, 2.24) is 20.0 Å². The van der Waals surface area contributed by atoms with E-state index in [-0.39, 0.29) is 17.4 Å². The lowest BCUT2D eigenvalue weighted by atomic mass is 9.79. The molecule has 1 saturated carbocycles. The van der Waals surface area contributed by atoms with Crippen LogP contribution in [-0.4, -0.2) is 84.9 Å². The molecule has 3 fully saturated rings. The van der Waals surface area contributed by atoms with Gasteiger partial charge in [0.25, 0.3) is 0 Å². The third kappa shape index (κ3) is 5.67. The van der Waals surface area contributed by atoms with Crippen molar-refractivity contribution >= 4 is 11.8 Å². The lowest BCUT2D eigenvalue weighted by Gasteiger charge is -2.49. The number of nitrogens with one attached hydrogen (secondary N) is 1. The molecule has 0 unspecified atom stereocenters. The van der Waals surface area contributed by atoms with E-state index in [0.29, 0.717) is 19.4 Å². The summed E-state index contributed by atoms with van der Waals surface area (Å²) in [4.78, 5) is 31.6. The Bertz CT molecular complexity index is 496. The van der Waals surface area contributed by atoms with Crippen molar-refractivity contribution in [2.75, 3.05) is 52.9 Å². The predicted molar refractivity (Wildman–Crippen MR) is 108 cm³/mol. The van der Waals surface area contributed by atoms with Crippen molar-refractivity contribution in [3.8, 4) is 0 Å². The van der Waals surface area contributed by atoms with E-state index in [1.807, 2.05) is 4.90 Å². The maximum Gasteiger partial charge on any atom is 0.222 e. The van der Waals surface area contributed by atoms with Gasteiger partial charge in [-0.1, -0.05) is 25.7 Å². The summed E-state index contributed by atoms with van der Waals surface area (Å²) in [7, 11) is 2.19. The quantitative estimate of drug-likeness (QED) is 0.766. The first kappa shape index (κ1) is 20.6. The third-order valence-electron chi connectivity index (χ3n) is 6.85. The fraction of sp³-hybridized carbons (Fsp3) is 0.905. The fourth-order valence-corrected chi connectivity index (χ4v) is 4.96. The Morgan fingerprint density at radius 2 is 1.67 bits per heavy atom. The molecule has 2 heterocycles. The molecule has 154 valence electrons. The minimum absolute atomic E-state index is 0.103. The standard InChI is InChI=1S/C21H38N4O2/c1-23-14-16-25(17-15-23)21(10-5-3-6-11-21)18-22-19(26)9-13-24-12-7-2-4-8-20(24)27/h2-18H2,1H3,(H,22,26). The van der Waals surface area contributed by atoms with Crippen LogP contribution in [0.25, 0.3) is 0 Å². The van der Waals surface area contributed by atoms with Crippen LogP contribution < -0.4 is 5.32 Å². The third-order valence-corrected chi connectivity index (χ3v) is 6.85. The van der Waals surface area contributed by atoms with E-state index in [1.165, 1.54) is 32.1 Å². The molecule has 0 atom stereocenters. The Labute approximate surface area is 164 Å². The van der Waals surface area contributed by atoms with E-state index >= 15 is 0 Å². The van der Waals surface area contributed by atoms with Gasteiger partial charge < -0.3 is 15.1 Å². The summed E-state index contributed by atoms with van der Waals surface area (Å²) < 4.78 is 0. The van der Waals surface area contributed by atoms with Gasteiger partial charge in [0.1, 0.15) is 0 Å². The Morgan fingerprint density at radius 3 is 2.41 bits per heavy atom. The number of rotatable bonds is 6. The Morgan fingerprint density at radius 1 is 0.963 bits per heavy atom. The van der Waals surface area contributed by atoms with Gasteiger partial charge in [0.05, 0.1) is 0 Å². The van der Waals surface area contributed by atoms with Gasteiger partial charge in [-0.15, -0.1) is 0 Å². The van der Waals surface area contributed by atoms with Crippen LogP contribution in [0.1, 0.15) is 64.2 Å². The Balaban J connectivity index is 1.49. The van der Waals surface area contributed by atoms with Crippen LogP contribution in [0.2, 0.25) is 0 Å². The normalized spacial score (nSPS) is 25.2. The molecule has 2 amide bonds. The van der Waals surface area contributed by atoms with Crippen molar-refractivity contribution in [2.24, 2.45) is 0 Å². The molecule has 1 aliphatic carbocycles. The smallest absolute Gasteiger partial charge is 0.222 e. The number of piperazine rings is 1. The fourth-order valence-electron chi connectivity index (χ4n) is 4.96. The molecule has 0 aromatic rings. The van der Waals surface area contributed by atoms with Gasteiger partial charge in [-0.25, -0.2) is 0 Å². The summed E-state index contributed by atoms with van der Waals surface area (Å²) in [6.45, 7) is 6.61. The van der Waals surface area contributed by atoms with E-state index in [2.05, 4.69) is 22.2 Å². The minimum Gasteiger partial charge on any atom is -0.354 e. The van der Waals surface area contributed by atoms with E-state index in [1.54, 1.807) is 0 Å². The number of nitrogens with zero attached hydrogens (tertiary/aromatic N) is 3. The van der Waals surface area contributed by atoms with Gasteiger partial charge >= 0.3 is 0 Å². The lowest BCUT2D eigenvalue weighted by Crippen LogP contribution is -2.61. The maximum absolute atomic E-state index is 12.5. The van der Waals surface area contributed by atoms with Gasteiger partial charge in [-0.05, 0) is 32.7 Å². The molecule has 27 heavy (non-hydrogen) atoms. The van der Waals surface area contributed by atoms with E-state index in [0.717, 1.165) is 58.5 Å². The van der Waals surface area contributed by atoms with Gasteiger partial charge in [0.2, 0.25) is 11.8 Å². The number of amides is 2. The van der Waals surface area contributed by atoms with E-state index in [4.69, 9.17) is 0 Å². The molecular weight excluding hydrogens is 340 g/mol. The van der Waals surface area contributed by atoms with Crippen LogP contribution in [0.15, 0.2) is 0 Å². The van der Waals surface area contributed by atoms with Crippen LogP contribution in [0.3, 0.4) is 0 Å². The molecule has 3 aliphatic rings. The number of hydrogen-bond donors (Lipinski definition) is 1. The van der Waals surface area contributed by atoms with Crippen molar-refractivity contribution in [3.63, 3.8) is 0 Å². The monoisotopic (exact) mass is 378 g/mol. The van der Waals surface area contributed by atoms with E-state index in [9.17, 15) is 9.59 Å². The van der Waals surface area contributed by atoms with Gasteiger partial charge in [0, 0.05) is 64.2 Å². The van der Waals surface area contributed by atoms with E-state index < -0.39 is 0 Å². The van der Waals surface area contributed by atoms with Gasteiger partial charge in [-0.2, -0.15) is 0 Å². The highest BCUT2D eigenvalue weighted by Crippen LogP contribution is 2.34. The molecule has 2 saturated heterocycles. The molecule has 2 aliphatic heterocycles. The Kier molecular flexibility index (Phi) is 7.53. The second-order valence-corrected chi connectivity index (χ2v) is 8.79. The number of likely N-dealkylation sites (N-methyl/N-ethyl adjacent to an activating group) is 1. The zero-order chi connectivity index (χ0) is 19.1. The topological polar surface area (TPSA) is 55.9 Å². The minimum atomic E-state index is 0.103. The predicted octanol–water partition coefficient (Wildman–Crippen LogP) is 1.85. The average molecular weight is 379 g/mol. The highest BCUT2D eigenvalue weighted by Gasteiger charge is 2.39. The molecule has 1 N–H and O–H groups in total. The number of carbonyl (C=O) groups excluding carboxylic acids is 2. The molecule has 0 aromatic heterocycles. The van der Waals surface area contributed by atoms with Crippen molar-refractivity contribution in [1.29, 1.82) is 0 Å². The first-order valence-corrected chi connectivity index (χ1v) is 11.1. The summed E-state index contributed by atoms with van der Waals surface area (Å²) in [5.41, 5.74) is 0.146. The zero-order valence-electron chi connectivity index (χ0n) is 17.2. The number of likely N-dealkylation sites (tertiary alicyclic amines) is 1. The molecule has 0 bridgehead atoms. The maximum atomic E-state index is 12.5. The molecule has 0 spiro atoms. The van der Waals surface area contributed by atoms with Crippen molar-refractivity contribution in [2.45, 2.75) is 69.7 Å². The first-order chi connectivity index (χ1) is 13.1. The van der Waals surface area contributed by atoms with Crippen LogP contribution in [-0.2, 0) is 9.59 Å². The highest BCUT2D eigenvalue weighted by atomic mass is 16.2. The van der Waals surface area contributed by atoms with Gasteiger partial charge in [-0.3, -0.25) is 14.5 Å².